The molecule has 0 aromatic rings. The normalized spacial score (nSPS) is 28.5. The van der Waals surface area contributed by atoms with E-state index < -0.39 is 35.3 Å². The Bertz CT molecular complexity index is 816. The Morgan fingerprint density at radius 2 is 1.38 bits per heavy atom. The third kappa shape index (κ3) is 5.83. The zero-order valence-corrected chi connectivity index (χ0v) is 20.1. The van der Waals surface area contributed by atoms with Gasteiger partial charge in [-0.3, -0.25) is 19.2 Å². The number of esters is 2. The number of Topliss-reactive ketones (excluding diaryl/α,β-unsaturated/α-hetero) is 2. The van der Waals surface area contributed by atoms with Crippen LogP contribution in [0, 0.1) is 11.8 Å². The molecule has 2 saturated heterocycles. The molecule has 2 spiro atoms. The first-order valence-electron chi connectivity index (χ1n) is 11.3. The van der Waals surface area contributed by atoms with Crippen molar-refractivity contribution in [3.63, 3.8) is 0 Å². The van der Waals surface area contributed by atoms with Gasteiger partial charge in [0.25, 0.3) is 0 Å². The molecular formula is C23H33NO10. The van der Waals surface area contributed by atoms with Crippen LogP contribution in [0.25, 0.3) is 0 Å². The standard InChI is InChI=1S/C13H19NO5.C10H14O5/c1-14(2)8-9-6-13(18-4-5-19-13)7-10(11(9)15)12(16)17-3;1-13-9(12)7-6-10(3-2-8(7)11)14-4-5-15-10/h8,10H,4-7H2,1-3H3;7H,2-6H2,1H3. The maximum absolute atomic E-state index is 12.3. The number of ether oxygens (including phenoxy) is 6. The van der Waals surface area contributed by atoms with Crippen molar-refractivity contribution in [3.05, 3.63) is 11.8 Å². The molecule has 4 rings (SSSR count). The van der Waals surface area contributed by atoms with Gasteiger partial charge in [0.05, 0.1) is 40.6 Å². The molecule has 2 aliphatic carbocycles. The van der Waals surface area contributed by atoms with E-state index in [0.717, 1.165) is 0 Å². The van der Waals surface area contributed by atoms with E-state index >= 15 is 0 Å². The van der Waals surface area contributed by atoms with Gasteiger partial charge in [-0.15, -0.1) is 0 Å². The summed E-state index contributed by atoms with van der Waals surface area (Å²) in [7, 11) is 6.21. The summed E-state index contributed by atoms with van der Waals surface area (Å²) >= 11 is 0. The van der Waals surface area contributed by atoms with Crippen LogP contribution in [0.2, 0.25) is 0 Å². The second kappa shape index (κ2) is 10.9. The molecule has 0 aromatic heterocycles. The Morgan fingerprint density at radius 1 is 0.882 bits per heavy atom. The second-order valence-electron chi connectivity index (χ2n) is 8.90. The number of nitrogens with zero attached hydrogens (tertiary/aromatic N) is 1. The molecule has 2 saturated carbocycles. The summed E-state index contributed by atoms with van der Waals surface area (Å²) in [5, 5.41) is 0. The SMILES string of the molecule is COC(=O)C1CC2(CC(=CN(C)C)C1=O)OCCO2.COC(=O)C1CC2(CCC1=O)OCCO2. The molecule has 2 unspecified atom stereocenters. The quantitative estimate of drug-likeness (QED) is 0.318. The molecule has 11 nitrogen and oxygen atoms in total. The Kier molecular flexibility index (Phi) is 8.45. The van der Waals surface area contributed by atoms with Crippen LogP contribution in [0.1, 0.15) is 32.1 Å². The number of carbonyl (C=O) groups excluding carboxylic acids is 4. The Balaban J connectivity index is 0.000000196. The molecule has 4 fully saturated rings. The molecule has 34 heavy (non-hydrogen) atoms. The zero-order chi connectivity index (χ0) is 24.9. The fourth-order valence-electron chi connectivity index (χ4n) is 4.68. The topological polar surface area (TPSA) is 127 Å². The van der Waals surface area contributed by atoms with Crippen molar-refractivity contribution < 1.29 is 47.6 Å². The fourth-order valence-corrected chi connectivity index (χ4v) is 4.68. The predicted octanol–water partition coefficient (Wildman–Crippen LogP) is 0.599. The largest absolute Gasteiger partial charge is 0.468 e. The second-order valence-corrected chi connectivity index (χ2v) is 8.90. The van der Waals surface area contributed by atoms with E-state index in [1.54, 1.807) is 11.1 Å². The lowest BCUT2D eigenvalue weighted by atomic mass is 9.80. The van der Waals surface area contributed by atoms with Gasteiger partial charge in [0.1, 0.15) is 17.6 Å². The predicted molar refractivity (Wildman–Crippen MR) is 115 cm³/mol. The number of hydrogen-bond acceptors (Lipinski definition) is 11. The van der Waals surface area contributed by atoms with Gasteiger partial charge >= 0.3 is 11.9 Å². The minimum atomic E-state index is -0.853. The van der Waals surface area contributed by atoms with E-state index in [-0.39, 0.29) is 18.0 Å². The summed E-state index contributed by atoms with van der Waals surface area (Å²) in [5.41, 5.74) is 0.536. The van der Waals surface area contributed by atoms with Gasteiger partial charge in [-0.2, -0.15) is 0 Å². The lowest BCUT2D eigenvalue weighted by molar-refractivity contribution is -0.195. The van der Waals surface area contributed by atoms with Crippen LogP contribution in [0.5, 0.6) is 0 Å². The highest BCUT2D eigenvalue weighted by atomic mass is 16.7. The maximum atomic E-state index is 12.3. The van der Waals surface area contributed by atoms with Gasteiger partial charge in [0, 0.05) is 58.0 Å². The summed E-state index contributed by atoms with van der Waals surface area (Å²) in [6.07, 6.45) is 3.46. The Morgan fingerprint density at radius 3 is 1.91 bits per heavy atom. The molecule has 0 radical (unpaired) electrons. The first-order chi connectivity index (χ1) is 16.1. The number of ketones is 2. The fraction of sp³-hybridized carbons (Fsp3) is 0.739. The number of rotatable bonds is 3. The molecule has 0 N–H and O–H groups in total. The third-order valence-corrected chi connectivity index (χ3v) is 6.28. The Labute approximate surface area is 198 Å². The smallest absolute Gasteiger partial charge is 0.316 e. The highest BCUT2D eigenvalue weighted by Gasteiger charge is 2.50. The van der Waals surface area contributed by atoms with E-state index in [1.165, 1.54) is 14.2 Å². The van der Waals surface area contributed by atoms with Gasteiger partial charge in [-0.1, -0.05) is 0 Å². The molecule has 190 valence electrons. The number of methoxy groups -OCH3 is 2. The van der Waals surface area contributed by atoms with Crippen molar-refractivity contribution in [2.24, 2.45) is 11.8 Å². The van der Waals surface area contributed by atoms with Crippen molar-refractivity contribution >= 4 is 23.5 Å². The van der Waals surface area contributed by atoms with Gasteiger partial charge in [-0.25, -0.2) is 0 Å². The first-order valence-corrected chi connectivity index (χ1v) is 11.3. The van der Waals surface area contributed by atoms with Gasteiger partial charge in [-0.05, 0) is 0 Å². The molecule has 2 atom stereocenters. The maximum Gasteiger partial charge on any atom is 0.316 e. The van der Waals surface area contributed by atoms with Crippen LogP contribution < -0.4 is 0 Å². The lowest BCUT2D eigenvalue weighted by Gasteiger charge is -2.35. The summed E-state index contributed by atoms with van der Waals surface area (Å²) in [6.45, 7) is 2.03. The van der Waals surface area contributed by atoms with E-state index in [2.05, 4.69) is 4.74 Å². The van der Waals surface area contributed by atoms with E-state index in [4.69, 9.17) is 23.7 Å². The van der Waals surface area contributed by atoms with Gasteiger partial charge in [0.2, 0.25) is 0 Å². The van der Waals surface area contributed by atoms with Crippen molar-refractivity contribution in [2.45, 2.75) is 43.7 Å². The Hall–Kier alpha value is -2.34. The van der Waals surface area contributed by atoms with Crippen molar-refractivity contribution in [1.82, 2.24) is 4.90 Å². The van der Waals surface area contributed by atoms with E-state index in [0.29, 0.717) is 57.7 Å². The van der Waals surface area contributed by atoms with Crippen LogP contribution >= 0.6 is 0 Å². The molecule has 4 aliphatic rings. The molecular weight excluding hydrogens is 450 g/mol. The van der Waals surface area contributed by atoms with Gasteiger partial charge in [0.15, 0.2) is 17.4 Å². The highest BCUT2D eigenvalue weighted by Crippen LogP contribution is 2.40. The lowest BCUT2D eigenvalue weighted by Crippen LogP contribution is -2.45. The van der Waals surface area contributed by atoms with Crippen LogP contribution in [-0.2, 0) is 47.6 Å². The van der Waals surface area contributed by atoms with Gasteiger partial charge < -0.3 is 33.3 Å². The van der Waals surface area contributed by atoms with Crippen LogP contribution in [0.3, 0.4) is 0 Å². The van der Waals surface area contributed by atoms with Crippen molar-refractivity contribution in [2.75, 3.05) is 54.7 Å². The zero-order valence-electron chi connectivity index (χ0n) is 20.1. The molecule has 0 aromatic carbocycles. The summed E-state index contributed by atoms with van der Waals surface area (Å²) in [6, 6.07) is 0. The summed E-state index contributed by atoms with van der Waals surface area (Å²) in [5.74, 6) is -4.44. The monoisotopic (exact) mass is 483 g/mol. The highest BCUT2D eigenvalue weighted by molar-refractivity contribution is 6.09. The van der Waals surface area contributed by atoms with Crippen molar-refractivity contribution in [3.8, 4) is 0 Å². The third-order valence-electron chi connectivity index (χ3n) is 6.28. The molecule has 0 amide bonds. The van der Waals surface area contributed by atoms with Crippen molar-refractivity contribution in [1.29, 1.82) is 0 Å². The van der Waals surface area contributed by atoms with Crippen LogP contribution in [-0.4, -0.2) is 94.7 Å². The van der Waals surface area contributed by atoms with E-state index in [1.807, 2.05) is 14.1 Å². The molecule has 2 aliphatic heterocycles. The van der Waals surface area contributed by atoms with Crippen LogP contribution in [0.4, 0.5) is 0 Å². The average Bonchev–Trinajstić information content (AvgIpc) is 3.47. The minimum absolute atomic E-state index is 0.0772. The average molecular weight is 484 g/mol. The number of hydrogen-bond donors (Lipinski definition) is 0. The summed E-state index contributed by atoms with van der Waals surface area (Å²) in [4.78, 5) is 48.7. The molecule has 11 heteroatoms. The van der Waals surface area contributed by atoms with E-state index in [9.17, 15) is 19.2 Å². The molecule has 2 heterocycles. The summed E-state index contributed by atoms with van der Waals surface area (Å²) < 4.78 is 31.5. The number of carbonyl (C=O) groups is 4. The van der Waals surface area contributed by atoms with Crippen LogP contribution in [0.15, 0.2) is 11.8 Å². The minimum Gasteiger partial charge on any atom is -0.468 e. The first kappa shape index (κ1) is 26.3. The molecule has 0 bridgehead atoms.